The number of rotatable bonds is 5. The van der Waals surface area contributed by atoms with Crippen molar-refractivity contribution in [1.82, 2.24) is 4.90 Å². The SMILES string of the molecule is CCN(C(C)c1ccc(O)cc1O)C1CCCCC1CN. The second kappa shape index (κ2) is 7.14. The molecule has 3 unspecified atom stereocenters. The van der Waals surface area contributed by atoms with Gasteiger partial charge in [-0.05, 0) is 44.8 Å². The van der Waals surface area contributed by atoms with Gasteiger partial charge < -0.3 is 15.9 Å². The van der Waals surface area contributed by atoms with Crippen molar-refractivity contribution < 1.29 is 10.2 Å². The first-order chi connectivity index (χ1) is 10.1. The van der Waals surface area contributed by atoms with Crippen LogP contribution in [0.15, 0.2) is 18.2 Å². The van der Waals surface area contributed by atoms with E-state index in [0.717, 1.165) is 18.7 Å². The molecule has 0 radical (unpaired) electrons. The normalized spacial score (nSPS) is 24.2. The van der Waals surface area contributed by atoms with Gasteiger partial charge in [0.05, 0.1) is 0 Å². The first-order valence-electron chi connectivity index (χ1n) is 8.06. The molecule has 3 atom stereocenters. The van der Waals surface area contributed by atoms with E-state index in [0.29, 0.717) is 12.0 Å². The highest BCUT2D eigenvalue weighted by molar-refractivity contribution is 5.40. The van der Waals surface area contributed by atoms with E-state index in [1.54, 1.807) is 6.07 Å². The summed E-state index contributed by atoms with van der Waals surface area (Å²) in [6.45, 7) is 5.95. The van der Waals surface area contributed by atoms with Crippen LogP contribution in [-0.4, -0.2) is 34.2 Å². The number of benzene rings is 1. The Kier molecular flexibility index (Phi) is 5.48. The van der Waals surface area contributed by atoms with Crippen LogP contribution in [0.5, 0.6) is 11.5 Å². The van der Waals surface area contributed by atoms with Gasteiger partial charge in [0.25, 0.3) is 0 Å². The second-order valence-electron chi connectivity index (χ2n) is 6.10. The number of hydrogen-bond acceptors (Lipinski definition) is 4. The standard InChI is InChI=1S/C17H28N2O2/c1-3-19(16-7-5-4-6-13(16)11-18)12(2)15-9-8-14(20)10-17(15)21/h8-10,12-13,16,20-21H,3-7,11,18H2,1-2H3. The van der Waals surface area contributed by atoms with Crippen molar-refractivity contribution in [3.8, 4) is 11.5 Å². The third-order valence-corrected chi connectivity index (χ3v) is 4.92. The number of phenolic OH excluding ortho intramolecular Hbond substituents is 2. The van der Waals surface area contributed by atoms with Crippen molar-refractivity contribution in [2.24, 2.45) is 11.7 Å². The smallest absolute Gasteiger partial charge is 0.124 e. The van der Waals surface area contributed by atoms with Crippen molar-refractivity contribution in [2.75, 3.05) is 13.1 Å². The van der Waals surface area contributed by atoms with Gasteiger partial charge in [0.15, 0.2) is 0 Å². The molecule has 0 amide bonds. The fourth-order valence-electron chi connectivity index (χ4n) is 3.76. The van der Waals surface area contributed by atoms with Crippen molar-refractivity contribution >= 4 is 0 Å². The molecule has 0 aliphatic heterocycles. The summed E-state index contributed by atoms with van der Waals surface area (Å²) < 4.78 is 0. The molecule has 0 spiro atoms. The Morgan fingerprint density at radius 3 is 2.62 bits per heavy atom. The van der Waals surface area contributed by atoms with Gasteiger partial charge in [0.2, 0.25) is 0 Å². The molecular weight excluding hydrogens is 264 g/mol. The van der Waals surface area contributed by atoms with Crippen LogP contribution in [0.2, 0.25) is 0 Å². The van der Waals surface area contributed by atoms with Crippen molar-refractivity contribution in [3.63, 3.8) is 0 Å². The number of hydrogen-bond donors (Lipinski definition) is 3. The summed E-state index contributed by atoms with van der Waals surface area (Å²) >= 11 is 0. The fourth-order valence-corrected chi connectivity index (χ4v) is 3.76. The molecule has 1 aliphatic rings. The summed E-state index contributed by atoms with van der Waals surface area (Å²) in [6, 6.07) is 5.48. The maximum Gasteiger partial charge on any atom is 0.124 e. The van der Waals surface area contributed by atoms with Gasteiger partial charge >= 0.3 is 0 Å². The lowest BCUT2D eigenvalue weighted by Gasteiger charge is -2.42. The topological polar surface area (TPSA) is 69.7 Å². The third-order valence-electron chi connectivity index (χ3n) is 4.92. The molecule has 0 bridgehead atoms. The van der Waals surface area contributed by atoms with Gasteiger partial charge in [-0.15, -0.1) is 0 Å². The van der Waals surface area contributed by atoms with E-state index in [4.69, 9.17) is 5.73 Å². The summed E-state index contributed by atoms with van der Waals surface area (Å²) in [4.78, 5) is 2.45. The number of phenols is 2. The molecule has 0 aromatic heterocycles. The van der Waals surface area contributed by atoms with Gasteiger partial charge in [-0.1, -0.05) is 25.8 Å². The number of aromatic hydroxyl groups is 2. The molecule has 0 heterocycles. The second-order valence-corrected chi connectivity index (χ2v) is 6.10. The van der Waals surface area contributed by atoms with E-state index in [9.17, 15) is 10.2 Å². The molecule has 4 heteroatoms. The largest absolute Gasteiger partial charge is 0.508 e. The fraction of sp³-hybridized carbons (Fsp3) is 0.647. The van der Waals surface area contributed by atoms with Crippen LogP contribution in [-0.2, 0) is 0 Å². The van der Waals surface area contributed by atoms with Gasteiger partial charge in [-0.2, -0.15) is 0 Å². The van der Waals surface area contributed by atoms with Gasteiger partial charge in [-0.25, -0.2) is 0 Å². The first kappa shape index (κ1) is 16.1. The van der Waals surface area contributed by atoms with E-state index >= 15 is 0 Å². The molecule has 118 valence electrons. The highest BCUT2D eigenvalue weighted by Gasteiger charge is 2.32. The van der Waals surface area contributed by atoms with Crippen LogP contribution in [0.1, 0.15) is 51.1 Å². The molecule has 4 nitrogen and oxygen atoms in total. The molecule has 4 N–H and O–H groups in total. The Bertz CT molecular complexity index is 464. The first-order valence-corrected chi connectivity index (χ1v) is 8.06. The zero-order valence-electron chi connectivity index (χ0n) is 13.1. The lowest BCUT2D eigenvalue weighted by molar-refractivity contribution is 0.0759. The van der Waals surface area contributed by atoms with E-state index in [1.807, 2.05) is 6.07 Å². The molecule has 1 fully saturated rings. The number of nitrogens with zero attached hydrogens (tertiary/aromatic N) is 1. The molecule has 21 heavy (non-hydrogen) atoms. The van der Waals surface area contributed by atoms with Crippen molar-refractivity contribution in [1.29, 1.82) is 0 Å². The minimum atomic E-state index is 0.101. The average Bonchev–Trinajstić information content (AvgIpc) is 2.48. The summed E-state index contributed by atoms with van der Waals surface area (Å²) in [7, 11) is 0. The maximum atomic E-state index is 10.1. The van der Waals surface area contributed by atoms with Crippen LogP contribution in [0.3, 0.4) is 0 Å². The zero-order valence-corrected chi connectivity index (χ0v) is 13.1. The Hall–Kier alpha value is -1.26. The zero-order chi connectivity index (χ0) is 15.4. The monoisotopic (exact) mass is 292 g/mol. The van der Waals surface area contributed by atoms with Gasteiger partial charge in [-0.3, -0.25) is 4.90 Å². The molecular formula is C17H28N2O2. The molecule has 1 aliphatic carbocycles. The highest BCUT2D eigenvalue weighted by Crippen LogP contribution is 2.36. The summed E-state index contributed by atoms with van der Waals surface area (Å²) in [5.74, 6) is 0.811. The van der Waals surface area contributed by atoms with E-state index in [-0.39, 0.29) is 17.5 Å². The van der Waals surface area contributed by atoms with Gasteiger partial charge in [0, 0.05) is 23.7 Å². The molecule has 1 aromatic carbocycles. The molecule has 1 aromatic rings. The highest BCUT2D eigenvalue weighted by atomic mass is 16.3. The number of nitrogens with two attached hydrogens (primary N) is 1. The minimum absolute atomic E-state index is 0.101. The van der Waals surface area contributed by atoms with Crippen LogP contribution in [0.25, 0.3) is 0 Å². The van der Waals surface area contributed by atoms with Crippen LogP contribution < -0.4 is 5.73 Å². The molecule has 0 saturated heterocycles. The van der Waals surface area contributed by atoms with Crippen LogP contribution >= 0.6 is 0 Å². The van der Waals surface area contributed by atoms with Crippen molar-refractivity contribution in [3.05, 3.63) is 23.8 Å². The lowest BCUT2D eigenvalue weighted by Crippen LogP contribution is -2.46. The Labute approximate surface area is 127 Å². The van der Waals surface area contributed by atoms with E-state index in [1.165, 1.54) is 31.7 Å². The quantitative estimate of drug-likeness (QED) is 0.780. The molecule has 2 rings (SSSR count). The third kappa shape index (κ3) is 3.50. The minimum Gasteiger partial charge on any atom is -0.508 e. The lowest BCUT2D eigenvalue weighted by atomic mass is 9.82. The summed E-state index contributed by atoms with van der Waals surface area (Å²) in [6.07, 6.45) is 4.91. The summed E-state index contributed by atoms with van der Waals surface area (Å²) in [5, 5.41) is 19.6. The van der Waals surface area contributed by atoms with Gasteiger partial charge in [0.1, 0.15) is 11.5 Å². The summed E-state index contributed by atoms with van der Waals surface area (Å²) in [5.41, 5.74) is 6.84. The maximum absolute atomic E-state index is 10.1. The molecule has 1 saturated carbocycles. The predicted molar refractivity (Wildman–Crippen MR) is 85.4 cm³/mol. The van der Waals surface area contributed by atoms with Crippen LogP contribution in [0, 0.1) is 5.92 Å². The Balaban J connectivity index is 2.22. The van der Waals surface area contributed by atoms with E-state index in [2.05, 4.69) is 18.7 Å². The Morgan fingerprint density at radius 1 is 1.29 bits per heavy atom. The Morgan fingerprint density at radius 2 is 2.00 bits per heavy atom. The van der Waals surface area contributed by atoms with Crippen molar-refractivity contribution in [2.45, 2.75) is 51.6 Å². The van der Waals surface area contributed by atoms with Crippen LogP contribution in [0.4, 0.5) is 0 Å². The van der Waals surface area contributed by atoms with E-state index < -0.39 is 0 Å². The average molecular weight is 292 g/mol. The predicted octanol–water partition coefficient (Wildman–Crippen LogP) is 3.00.